The smallest absolute Gasteiger partial charge is 0.418 e. The number of halogens is 3. The van der Waals surface area contributed by atoms with Gasteiger partial charge < -0.3 is 24.3 Å². The minimum atomic E-state index is -4.74. The Kier molecular flexibility index (Phi) is 8.61. The van der Waals surface area contributed by atoms with E-state index in [0.29, 0.717) is 4.31 Å². The minimum Gasteiger partial charge on any atom is -0.497 e. The number of carbonyl (C=O) groups is 1. The molecule has 0 heterocycles. The van der Waals surface area contributed by atoms with Crippen LogP contribution in [0.15, 0.2) is 65.6 Å². The molecule has 0 saturated heterocycles. The Morgan fingerprint density at radius 3 is 2.08 bits per heavy atom. The lowest BCUT2D eigenvalue weighted by Crippen LogP contribution is -2.38. The number of carbonyl (C=O) groups excluding carboxylic acids is 1. The molecular formula is C25H25F3N2O7S. The molecule has 0 aliphatic heterocycles. The fourth-order valence-electron chi connectivity index (χ4n) is 3.56. The second-order valence-electron chi connectivity index (χ2n) is 7.66. The van der Waals surface area contributed by atoms with Crippen LogP contribution in [0.3, 0.4) is 0 Å². The Labute approximate surface area is 217 Å². The van der Waals surface area contributed by atoms with Crippen LogP contribution in [0.4, 0.5) is 24.5 Å². The minimum absolute atomic E-state index is 0.0679. The topological polar surface area (TPSA) is 103 Å². The van der Waals surface area contributed by atoms with E-state index < -0.39 is 39.9 Å². The Bertz CT molecular complexity index is 1410. The zero-order valence-corrected chi connectivity index (χ0v) is 21.6. The summed E-state index contributed by atoms with van der Waals surface area (Å²) in [6.07, 6.45) is -4.74. The highest BCUT2D eigenvalue weighted by Gasteiger charge is 2.35. The maximum atomic E-state index is 13.9. The summed E-state index contributed by atoms with van der Waals surface area (Å²) in [6, 6.07) is 12.4. The van der Waals surface area contributed by atoms with Crippen molar-refractivity contribution in [2.45, 2.75) is 11.1 Å². The van der Waals surface area contributed by atoms with Gasteiger partial charge in [0.2, 0.25) is 5.91 Å². The highest BCUT2D eigenvalue weighted by atomic mass is 32.2. The van der Waals surface area contributed by atoms with Crippen LogP contribution in [-0.2, 0) is 21.0 Å². The lowest BCUT2D eigenvalue weighted by atomic mass is 10.1. The normalized spacial score (nSPS) is 11.4. The molecule has 0 atom stereocenters. The van der Waals surface area contributed by atoms with Gasteiger partial charge in [-0.1, -0.05) is 12.1 Å². The number of amides is 1. The molecule has 38 heavy (non-hydrogen) atoms. The predicted octanol–water partition coefficient (Wildman–Crippen LogP) is 4.57. The summed E-state index contributed by atoms with van der Waals surface area (Å²) in [5.74, 6) is -0.349. The van der Waals surface area contributed by atoms with Crippen LogP contribution in [0.5, 0.6) is 23.0 Å². The maximum Gasteiger partial charge on any atom is 0.418 e. The molecule has 0 radical (unpaired) electrons. The standard InChI is InChI=1S/C25H25F3N2O7S/c1-34-16-9-11-21(35-2)20(13-16)30(38(32,33)17-10-12-22(36-3)23(14-17)37-4)15-24(31)29-19-8-6-5-7-18(19)25(26,27)28/h5-14H,15H2,1-4H3,(H,29,31). The van der Waals surface area contributed by atoms with E-state index in [1.54, 1.807) is 0 Å². The number of rotatable bonds is 10. The largest absolute Gasteiger partial charge is 0.497 e. The number of alkyl halides is 3. The van der Waals surface area contributed by atoms with Gasteiger partial charge in [-0.2, -0.15) is 13.2 Å². The van der Waals surface area contributed by atoms with Crippen molar-refractivity contribution >= 4 is 27.3 Å². The fraction of sp³-hybridized carbons (Fsp3) is 0.240. The Morgan fingerprint density at radius 1 is 0.842 bits per heavy atom. The molecule has 3 aromatic rings. The Morgan fingerprint density at radius 2 is 1.47 bits per heavy atom. The molecule has 0 spiro atoms. The molecule has 0 saturated carbocycles. The molecule has 9 nitrogen and oxygen atoms in total. The maximum absolute atomic E-state index is 13.9. The first-order valence-electron chi connectivity index (χ1n) is 10.9. The zero-order valence-electron chi connectivity index (χ0n) is 20.8. The van der Waals surface area contributed by atoms with Gasteiger partial charge in [-0.05, 0) is 36.4 Å². The van der Waals surface area contributed by atoms with Gasteiger partial charge in [0, 0.05) is 12.1 Å². The number of methoxy groups -OCH3 is 4. The van der Waals surface area contributed by atoms with Gasteiger partial charge in [-0.25, -0.2) is 8.42 Å². The summed E-state index contributed by atoms with van der Waals surface area (Å²) in [7, 11) is 0.842. The molecule has 1 amide bonds. The Hall–Kier alpha value is -4.13. The number of nitrogens with zero attached hydrogens (tertiary/aromatic N) is 1. The first kappa shape index (κ1) is 28.4. The summed E-state index contributed by atoms with van der Waals surface area (Å²) in [6.45, 7) is -0.896. The number of nitrogens with one attached hydrogen (secondary N) is 1. The summed E-state index contributed by atoms with van der Waals surface area (Å²) < 4.78 is 89.6. The van der Waals surface area contributed by atoms with Crippen LogP contribution in [0.1, 0.15) is 5.56 Å². The third-order valence-corrected chi connectivity index (χ3v) is 7.15. The average Bonchev–Trinajstić information content (AvgIpc) is 2.90. The average molecular weight is 555 g/mol. The number of hydrogen-bond acceptors (Lipinski definition) is 7. The van der Waals surface area contributed by atoms with Crippen molar-refractivity contribution in [1.82, 2.24) is 0 Å². The number of anilines is 2. The summed E-state index contributed by atoms with van der Waals surface area (Å²) in [5, 5.41) is 2.17. The van der Waals surface area contributed by atoms with Crippen LogP contribution in [-0.4, -0.2) is 49.3 Å². The molecule has 1 N–H and O–H groups in total. The molecule has 3 rings (SSSR count). The highest BCUT2D eigenvalue weighted by Crippen LogP contribution is 2.38. The lowest BCUT2D eigenvalue weighted by molar-refractivity contribution is -0.137. The van der Waals surface area contributed by atoms with E-state index in [1.807, 2.05) is 0 Å². The second-order valence-corrected chi connectivity index (χ2v) is 9.52. The van der Waals surface area contributed by atoms with Crippen LogP contribution in [0.2, 0.25) is 0 Å². The van der Waals surface area contributed by atoms with Crippen LogP contribution >= 0.6 is 0 Å². The van der Waals surface area contributed by atoms with Gasteiger partial charge >= 0.3 is 6.18 Å². The quantitative estimate of drug-likeness (QED) is 0.392. The molecule has 0 fully saturated rings. The van der Waals surface area contributed by atoms with Crippen molar-refractivity contribution < 1.29 is 45.3 Å². The van der Waals surface area contributed by atoms with Crippen molar-refractivity contribution in [2.24, 2.45) is 0 Å². The summed E-state index contributed by atoms with van der Waals surface area (Å²) in [4.78, 5) is 12.8. The molecule has 204 valence electrons. The van der Waals surface area contributed by atoms with E-state index in [2.05, 4.69) is 5.32 Å². The number of ether oxygens (including phenoxy) is 4. The molecular weight excluding hydrogens is 529 g/mol. The van der Waals surface area contributed by atoms with E-state index in [9.17, 15) is 26.4 Å². The fourth-order valence-corrected chi connectivity index (χ4v) is 4.99. The van der Waals surface area contributed by atoms with Gasteiger partial charge in [0.1, 0.15) is 18.0 Å². The van der Waals surface area contributed by atoms with E-state index in [1.165, 1.54) is 77.0 Å². The van der Waals surface area contributed by atoms with Crippen molar-refractivity contribution in [3.05, 3.63) is 66.2 Å². The third-order valence-electron chi connectivity index (χ3n) is 5.39. The number of hydrogen-bond donors (Lipinski definition) is 1. The molecule has 0 aliphatic rings. The van der Waals surface area contributed by atoms with Crippen LogP contribution in [0.25, 0.3) is 0 Å². The van der Waals surface area contributed by atoms with Crippen molar-refractivity contribution in [3.63, 3.8) is 0 Å². The van der Waals surface area contributed by atoms with E-state index >= 15 is 0 Å². The zero-order chi connectivity index (χ0) is 28.1. The third kappa shape index (κ3) is 6.05. The van der Waals surface area contributed by atoms with Gasteiger partial charge in [0.25, 0.3) is 10.0 Å². The van der Waals surface area contributed by atoms with Gasteiger partial charge in [-0.15, -0.1) is 0 Å². The van der Waals surface area contributed by atoms with Crippen LogP contribution < -0.4 is 28.6 Å². The van der Waals surface area contributed by atoms with Crippen molar-refractivity contribution in [1.29, 1.82) is 0 Å². The van der Waals surface area contributed by atoms with Gasteiger partial charge in [0.05, 0.1) is 50.3 Å². The monoisotopic (exact) mass is 554 g/mol. The SMILES string of the molecule is COc1ccc(OC)c(N(CC(=O)Nc2ccccc2C(F)(F)F)S(=O)(=O)c2ccc(OC)c(OC)c2)c1. The molecule has 0 unspecified atom stereocenters. The number of sulfonamides is 1. The summed E-state index contributed by atoms with van der Waals surface area (Å²) in [5.41, 5.74) is -1.69. The lowest BCUT2D eigenvalue weighted by Gasteiger charge is -2.26. The predicted molar refractivity (Wildman–Crippen MR) is 134 cm³/mol. The first-order valence-corrected chi connectivity index (χ1v) is 12.3. The van der Waals surface area contributed by atoms with Gasteiger partial charge in [0.15, 0.2) is 11.5 Å². The van der Waals surface area contributed by atoms with E-state index in [0.717, 1.165) is 12.1 Å². The number of benzene rings is 3. The van der Waals surface area contributed by atoms with Crippen LogP contribution in [0, 0.1) is 0 Å². The molecule has 0 aromatic heterocycles. The first-order chi connectivity index (χ1) is 18.0. The molecule has 3 aromatic carbocycles. The van der Waals surface area contributed by atoms with Crippen molar-refractivity contribution in [3.8, 4) is 23.0 Å². The van der Waals surface area contributed by atoms with Crippen molar-refractivity contribution in [2.75, 3.05) is 44.6 Å². The van der Waals surface area contributed by atoms with Gasteiger partial charge in [-0.3, -0.25) is 9.10 Å². The molecule has 13 heteroatoms. The summed E-state index contributed by atoms with van der Waals surface area (Å²) >= 11 is 0. The molecule has 0 aliphatic carbocycles. The number of para-hydroxylation sites is 1. The second kappa shape index (κ2) is 11.5. The molecule has 0 bridgehead atoms. The highest BCUT2D eigenvalue weighted by molar-refractivity contribution is 7.92. The Balaban J connectivity index is 2.12. The van der Waals surface area contributed by atoms with E-state index in [-0.39, 0.29) is 33.6 Å². The van der Waals surface area contributed by atoms with E-state index in [4.69, 9.17) is 18.9 Å².